The van der Waals surface area contributed by atoms with E-state index >= 15 is 0 Å². The molecule has 0 bridgehead atoms. The molecule has 3 heteroatoms. The zero-order chi connectivity index (χ0) is 11.8. The maximum atomic E-state index is 5.55. The molecule has 1 aromatic heterocycles. The van der Waals surface area contributed by atoms with E-state index < -0.39 is 0 Å². The fourth-order valence-corrected chi connectivity index (χ4v) is 1.39. The van der Waals surface area contributed by atoms with Gasteiger partial charge < -0.3 is 9.47 Å². The Morgan fingerprint density at radius 1 is 0.824 bits per heavy atom. The van der Waals surface area contributed by atoms with E-state index in [1.54, 1.807) is 12.4 Å². The van der Waals surface area contributed by atoms with Gasteiger partial charge in [0.25, 0.3) is 0 Å². The molecule has 0 saturated carbocycles. The van der Waals surface area contributed by atoms with Gasteiger partial charge in [0.2, 0.25) is 0 Å². The Morgan fingerprint density at radius 2 is 1.53 bits per heavy atom. The van der Waals surface area contributed by atoms with Crippen LogP contribution in [0.15, 0.2) is 54.9 Å². The number of para-hydroxylation sites is 1. The molecule has 0 atom stereocenters. The van der Waals surface area contributed by atoms with Crippen molar-refractivity contribution in [2.45, 2.75) is 6.42 Å². The molecule has 3 nitrogen and oxygen atoms in total. The largest absolute Gasteiger partial charge is 0.493 e. The second kappa shape index (κ2) is 6.53. The van der Waals surface area contributed by atoms with Gasteiger partial charge in [0.15, 0.2) is 0 Å². The Morgan fingerprint density at radius 3 is 2.24 bits per heavy atom. The molecule has 0 unspecified atom stereocenters. The molecule has 17 heavy (non-hydrogen) atoms. The van der Waals surface area contributed by atoms with Gasteiger partial charge in [-0.1, -0.05) is 18.2 Å². The molecule has 1 heterocycles. The van der Waals surface area contributed by atoms with E-state index in [4.69, 9.17) is 9.47 Å². The number of nitrogens with zero attached hydrogens (tertiary/aromatic N) is 1. The van der Waals surface area contributed by atoms with Crippen LogP contribution in [-0.4, -0.2) is 18.2 Å². The van der Waals surface area contributed by atoms with Gasteiger partial charge in [0.05, 0.1) is 19.4 Å². The van der Waals surface area contributed by atoms with Gasteiger partial charge in [-0.2, -0.15) is 0 Å². The first-order chi connectivity index (χ1) is 8.45. The third-order valence-corrected chi connectivity index (χ3v) is 2.20. The lowest BCUT2D eigenvalue weighted by atomic mass is 10.3. The molecule has 0 radical (unpaired) electrons. The zero-order valence-corrected chi connectivity index (χ0v) is 9.58. The maximum absolute atomic E-state index is 5.55. The van der Waals surface area contributed by atoms with Crippen LogP contribution in [0.1, 0.15) is 6.42 Å². The van der Waals surface area contributed by atoms with Crippen molar-refractivity contribution in [3.05, 3.63) is 54.9 Å². The molecule has 0 aliphatic heterocycles. The molecular weight excluding hydrogens is 214 g/mol. The van der Waals surface area contributed by atoms with Gasteiger partial charge in [-0.05, 0) is 24.3 Å². The van der Waals surface area contributed by atoms with E-state index in [2.05, 4.69) is 4.98 Å². The zero-order valence-electron chi connectivity index (χ0n) is 9.58. The summed E-state index contributed by atoms with van der Waals surface area (Å²) in [4.78, 5) is 3.97. The van der Waals surface area contributed by atoms with Gasteiger partial charge in [0, 0.05) is 12.6 Å². The number of ether oxygens (including phenoxy) is 2. The van der Waals surface area contributed by atoms with Crippen LogP contribution in [0.5, 0.6) is 11.5 Å². The summed E-state index contributed by atoms with van der Waals surface area (Å²) in [5.74, 6) is 1.70. The first-order valence-electron chi connectivity index (χ1n) is 5.66. The Hall–Kier alpha value is -2.03. The van der Waals surface area contributed by atoms with Crippen LogP contribution < -0.4 is 9.47 Å². The minimum absolute atomic E-state index is 0.637. The quantitative estimate of drug-likeness (QED) is 0.714. The van der Waals surface area contributed by atoms with Crippen LogP contribution in [0.4, 0.5) is 0 Å². The highest BCUT2D eigenvalue weighted by molar-refractivity contribution is 5.20. The van der Waals surface area contributed by atoms with Crippen molar-refractivity contribution < 1.29 is 9.47 Å². The number of hydrogen-bond donors (Lipinski definition) is 0. The number of hydrogen-bond acceptors (Lipinski definition) is 3. The van der Waals surface area contributed by atoms with Gasteiger partial charge in [-0.15, -0.1) is 0 Å². The third kappa shape index (κ3) is 4.15. The summed E-state index contributed by atoms with van der Waals surface area (Å²) in [6, 6.07) is 13.5. The normalized spacial score (nSPS) is 9.88. The van der Waals surface area contributed by atoms with E-state index in [0.29, 0.717) is 13.2 Å². The predicted molar refractivity (Wildman–Crippen MR) is 66.3 cm³/mol. The van der Waals surface area contributed by atoms with Crippen LogP contribution in [0.25, 0.3) is 0 Å². The number of rotatable bonds is 6. The second-order valence-corrected chi connectivity index (χ2v) is 3.55. The summed E-state index contributed by atoms with van der Waals surface area (Å²) < 4.78 is 11.0. The van der Waals surface area contributed by atoms with Crippen LogP contribution in [-0.2, 0) is 0 Å². The summed E-state index contributed by atoms with van der Waals surface area (Å²) in [6.07, 6.45) is 4.28. The Balaban J connectivity index is 1.61. The number of aromatic nitrogens is 1. The maximum Gasteiger partial charge on any atom is 0.137 e. The molecule has 2 aromatic rings. The fraction of sp³-hybridized carbons (Fsp3) is 0.214. The average Bonchev–Trinajstić information content (AvgIpc) is 2.41. The second-order valence-electron chi connectivity index (χ2n) is 3.55. The van der Waals surface area contributed by atoms with E-state index in [9.17, 15) is 0 Å². The van der Waals surface area contributed by atoms with Crippen LogP contribution in [0.3, 0.4) is 0 Å². The van der Waals surface area contributed by atoms with Gasteiger partial charge in [-0.25, -0.2) is 0 Å². The van der Waals surface area contributed by atoms with E-state index in [1.165, 1.54) is 0 Å². The molecule has 0 N–H and O–H groups in total. The van der Waals surface area contributed by atoms with Gasteiger partial charge in [0.1, 0.15) is 11.5 Å². The lowest BCUT2D eigenvalue weighted by Crippen LogP contribution is -2.04. The molecule has 0 saturated heterocycles. The predicted octanol–water partition coefficient (Wildman–Crippen LogP) is 2.93. The van der Waals surface area contributed by atoms with Crippen molar-refractivity contribution >= 4 is 0 Å². The lowest BCUT2D eigenvalue weighted by Gasteiger charge is -2.07. The lowest BCUT2D eigenvalue weighted by molar-refractivity contribution is 0.247. The summed E-state index contributed by atoms with van der Waals surface area (Å²) in [5, 5.41) is 0. The summed E-state index contributed by atoms with van der Waals surface area (Å²) in [5.41, 5.74) is 0. The fourth-order valence-electron chi connectivity index (χ4n) is 1.39. The molecular formula is C14H15NO2. The molecule has 0 aliphatic carbocycles. The number of benzene rings is 1. The minimum atomic E-state index is 0.637. The summed E-state index contributed by atoms with van der Waals surface area (Å²) in [7, 11) is 0. The summed E-state index contributed by atoms with van der Waals surface area (Å²) in [6.45, 7) is 1.29. The monoisotopic (exact) mass is 229 g/mol. The van der Waals surface area contributed by atoms with Crippen molar-refractivity contribution in [3.63, 3.8) is 0 Å². The molecule has 1 aromatic carbocycles. The van der Waals surface area contributed by atoms with E-state index in [1.807, 2.05) is 42.5 Å². The van der Waals surface area contributed by atoms with Crippen molar-refractivity contribution in [1.29, 1.82) is 0 Å². The van der Waals surface area contributed by atoms with E-state index in [-0.39, 0.29) is 0 Å². The molecule has 0 spiro atoms. The highest BCUT2D eigenvalue weighted by atomic mass is 16.5. The molecule has 88 valence electrons. The molecule has 0 fully saturated rings. The van der Waals surface area contributed by atoms with Gasteiger partial charge >= 0.3 is 0 Å². The Labute approximate surface area is 101 Å². The molecule has 0 amide bonds. The SMILES string of the molecule is c1ccc(OCCCOc2cccnc2)cc1. The summed E-state index contributed by atoms with van der Waals surface area (Å²) >= 11 is 0. The van der Waals surface area contributed by atoms with Crippen LogP contribution in [0, 0.1) is 0 Å². The Kier molecular flexibility index (Phi) is 4.40. The number of pyridine rings is 1. The first kappa shape index (κ1) is 11.5. The highest BCUT2D eigenvalue weighted by Crippen LogP contribution is 2.09. The van der Waals surface area contributed by atoms with Crippen LogP contribution >= 0.6 is 0 Å². The van der Waals surface area contributed by atoms with Crippen molar-refractivity contribution in [3.8, 4) is 11.5 Å². The third-order valence-electron chi connectivity index (χ3n) is 2.20. The molecule has 0 aliphatic rings. The van der Waals surface area contributed by atoms with Gasteiger partial charge in [-0.3, -0.25) is 4.98 Å². The standard InChI is InChI=1S/C14H15NO2/c1-2-6-13(7-3-1)16-10-5-11-17-14-8-4-9-15-12-14/h1-4,6-9,12H,5,10-11H2. The highest BCUT2D eigenvalue weighted by Gasteiger charge is 1.94. The average molecular weight is 229 g/mol. The van der Waals surface area contributed by atoms with Crippen molar-refractivity contribution in [2.24, 2.45) is 0 Å². The van der Waals surface area contributed by atoms with Crippen molar-refractivity contribution in [1.82, 2.24) is 4.98 Å². The van der Waals surface area contributed by atoms with Crippen LogP contribution in [0.2, 0.25) is 0 Å². The van der Waals surface area contributed by atoms with Crippen molar-refractivity contribution in [2.75, 3.05) is 13.2 Å². The first-order valence-corrected chi connectivity index (χ1v) is 5.66. The smallest absolute Gasteiger partial charge is 0.137 e. The van der Waals surface area contributed by atoms with E-state index in [0.717, 1.165) is 17.9 Å². The minimum Gasteiger partial charge on any atom is -0.493 e. The topological polar surface area (TPSA) is 31.4 Å². The Bertz CT molecular complexity index is 375. The molecule has 2 rings (SSSR count).